The van der Waals surface area contributed by atoms with E-state index in [9.17, 15) is 4.79 Å². The second-order valence-corrected chi connectivity index (χ2v) is 8.73. The SMILES string of the molecule is CC1CC(C(=O)N2CCC(C3CCN(CCc4ccccc4)CC3)C2)NN1. The summed E-state index contributed by atoms with van der Waals surface area (Å²) in [7, 11) is 0. The minimum absolute atomic E-state index is 0.0291. The van der Waals surface area contributed by atoms with Crippen molar-refractivity contribution in [2.24, 2.45) is 11.8 Å². The maximum absolute atomic E-state index is 12.7. The molecule has 3 saturated heterocycles. The van der Waals surface area contributed by atoms with Gasteiger partial charge in [-0.3, -0.25) is 10.2 Å². The number of nitrogens with one attached hydrogen (secondary N) is 2. The number of hydrazine groups is 1. The predicted octanol–water partition coefficient (Wildman–Crippen LogP) is 2.04. The zero-order valence-electron chi connectivity index (χ0n) is 16.6. The highest BCUT2D eigenvalue weighted by molar-refractivity contribution is 5.82. The van der Waals surface area contributed by atoms with E-state index in [1.165, 1.54) is 44.5 Å². The quantitative estimate of drug-likeness (QED) is 0.833. The summed E-state index contributed by atoms with van der Waals surface area (Å²) < 4.78 is 0. The van der Waals surface area contributed by atoms with Gasteiger partial charge in [0.25, 0.3) is 0 Å². The molecule has 1 aromatic rings. The molecule has 3 fully saturated rings. The van der Waals surface area contributed by atoms with Gasteiger partial charge in [-0.05, 0) is 69.5 Å². The largest absolute Gasteiger partial charge is 0.341 e. The first-order valence-electron chi connectivity index (χ1n) is 10.7. The molecule has 5 heteroatoms. The topological polar surface area (TPSA) is 47.6 Å². The first kappa shape index (κ1) is 18.9. The minimum atomic E-state index is -0.0291. The summed E-state index contributed by atoms with van der Waals surface area (Å²) in [6.45, 7) is 7.65. The third-order valence-electron chi connectivity index (χ3n) is 6.79. The lowest BCUT2D eigenvalue weighted by molar-refractivity contribution is -0.132. The first-order chi connectivity index (χ1) is 13.2. The molecule has 0 aliphatic carbocycles. The molecule has 5 nitrogen and oxygen atoms in total. The van der Waals surface area contributed by atoms with Crippen LogP contribution in [0.3, 0.4) is 0 Å². The summed E-state index contributed by atoms with van der Waals surface area (Å²) >= 11 is 0. The maximum Gasteiger partial charge on any atom is 0.241 e. The molecule has 0 saturated carbocycles. The third kappa shape index (κ3) is 4.71. The molecule has 148 valence electrons. The van der Waals surface area contributed by atoms with Crippen molar-refractivity contribution in [2.45, 2.75) is 51.1 Å². The molecule has 0 bridgehead atoms. The van der Waals surface area contributed by atoms with E-state index in [4.69, 9.17) is 0 Å². The molecule has 3 aliphatic heterocycles. The van der Waals surface area contributed by atoms with E-state index < -0.39 is 0 Å². The fraction of sp³-hybridized carbons (Fsp3) is 0.682. The number of benzene rings is 1. The highest BCUT2D eigenvalue weighted by Gasteiger charge is 2.37. The van der Waals surface area contributed by atoms with Crippen LogP contribution in [0.2, 0.25) is 0 Å². The van der Waals surface area contributed by atoms with E-state index in [-0.39, 0.29) is 6.04 Å². The Hall–Kier alpha value is -1.43. The van der Waals surface area contributed by atoms with E-state index in [0.29, 0.717) is 17.9 Å². The standard InChI is InChI=1S/C22H34N4O/c1-17-15-21(24-23-17)22(27)26-14-10-20(16-26)19-8-12-25(13-9-19)11-7-18-5-3-2-4-6-18/h2-6,17,19-21,23-24H,7-16H2,1H3. The van der Waals surface area contributed by atoms with Crippen LogP contribution in [0.15, 0.2) is 30.3 Å². The highest BCUT2D eigenvalue weighted by atomic mass is 16.2. The van der Waals surface area contributed by atoms with Crippen molar-refractivity contribution in [3.63, 3.8) is 0 Å². The molecule has 1 aromatic carbocycles. The molecule has 0 radical (unpaired) electrons. The number of carbonyl (C=O) groups is 1. The van der Waals surface area contributed by atoms with Crippen LogP contribution in [0, 0.1) is 11.8 Å². The Morgan fingerprint density at radius 1 is 1.04 bits per heavy atom. The number of hydrogen-bond donors (Lipinski definition) is 2. The highest BCUT2D eigenvalue weighted by Crippen LogP contribution is 2.32. The Morgan fingerprint density at radius 2 is 1.78 bits per heavy atom. The number of carbonyl (C=O) groups excluding carboxylic acids is 1. The van der Waals surface area contributed by atoms with Crippen molar-refractivity contribution in [3.8, 4) is 0 Å². The smallest absolute Gasteiger partial charge is 0.241 e. The average Bonchev–Trinajstić information content (AvgIpc) is 3.37. The van der Waals surface area contributed by atoms with Crippen LogP contribution in [0.1, 0.15) is 38.2 Å². The number of likely N-dealkylation sites (tertiary alicyclic amines) is 2. The van der Waals surface area contributed by atoms with Gasteiger partial charge in [0, 0.05) is 25.7 Å². The molecule has 2 N–H and O–H groups in total. The lowest BCUT2D eigenvalue weighted by Gasteiger charge is -2.35. The van der Waals surface area contributed by atoms with E-state index in [1.807, 2.05) is 0 Å². The van der Waals surface area contributed by atoms with Gasteiger partial charge in [-0.1, -0.05) is 30.3 Å². The summed E-state index contributed by atoms with van der Waals surface area (Å²) in [4.78, 5) is 17.4. The third-order valence-corrected chi connectivity index (χ3v) is 6.79. The van der Waals surface area contributed by atoms with Crippen molar-refractivity contribution in [1.29, 1.82) is 0 Å². The van der Waals surface area contributed by atoms with Gasteiger partial charge in [0.05, 0.1) is 0 Å². The Bertz CT molecular complexity index is 614. The molecule has 3 heterocycles. The zero-order chi connectivity index (χ0) is 18.6. The van der Waals surface area contributed by atoms with Crippen LogP contribution < -0.4 is 10.9 Å². The Kier molecular flexibility index (Phi) is 6.11. The Morgan fingerprint density at radius 3 is 2.48 bits per heavy atom. The molecule has 3 unspecified atom stereocenters. The molecule has 3 atom stereocenters. The fourth-order valence-corrected chi connectivity index (χ4v) is 5.05. The van der Waals surface area contributed by atoms with Gasteiger partial charge in [0.15, 0.2) is 0 Å². The summed E-state index contributed by atoms with van der Waals surface area (Å²) in [6, 6.07) is 11.2. The van der Waals surface area contributed by atoms with Gasteiger partial charge in [0.1, 0.15) is 6.04 Å². The molecule has 4 rings (SSSR count). The number of nitrogens with zero attached hydrogens (tertiary/aromatic N) is 2. The predicted molar refractivity (Wildman–Crippen MR) is 108 cm³/mol. The monoisotopic (exact) mass is 370 g/mol. The molecule has 0 spiro atoms. The first-order valence-corrected chi connectivity index (χ1v) is 10.7. The maximum atomic E-state index is 12.7. The minimum Gasteiger partial charge on any atom is -0.341 e. The summed E-state index contributed by atoms with van der Waals surface area (Å²) in [6.07, 6.45) is 5.83. The van der Waals surface area contributed by atoms with Crippen LogP contribution in [0.5, 0.6) is 0 Å². The molecule has 1 amide bonds. The van der Waals surface area contributed by atoms with E-state index in [2.05, 4.69) is 57.9 Å². The van der Waals surface area contributed by atoms with E-state index in [0.717, 1.165) is 31.8 Å². The second kappa shape index (κ2) is 8.72. The Labute approximate surface area is 163 Å². The van der Waals surface area contributed by atoms with Gasteiger partial charge in [-0.25, -0.2) is 5.43 Å². The fourth-order valence-electron chi connectivity index (χ4n) is 5.05. The average molecular weight is 371 g/mol. The van der Waals surface area contributed by atoms with Crippen LogP contribution >= 0.6 is 0 Å². The number of hydrogen-bond acceptors (Lipinski definition) is 4. The van der Waals surface area contributed by atoms with Crippen LogP contribution in [0.25, 0.3) is 0 Å². The van der Waals surface area contributed by atoms with Crippen molar-refractivity contribution in [1.82, 2.24) is 20.7 Å². The van der Waals surface area contributed by atoms with Crippen molar-refractivity contribution in [2.75, 3.05) is 32.7 Å². The molecular weight excluding hydrogens is 336 g/mol. The second-order valence-electron chi connectivity index (χ2n) is 8.73. The van der Waals surface area contributed by atoms with Crippen molar-refractivity contribution < 1.29 is 4.79 Å². The van der Waals surface area contributed by atoms with Crippen LogP contribution in [0.4, 0.5) is 0 Å². The molecular formula is C22H34N4O. The lowest BCUT2D eigenvalue weighted by Crippen LogP contribution is -2.45. The van der Waals surface area contributed by atoms with Gasteiger partial charge < -0.3 is 9.80 Å². The lowest BCUT2D eigenvalue weighted by atomic mass is 9.83. The number of amides is 1. The summed E-state index contributed by atoms with van der Waals surface area (Å²) in [5, 5.41) is 0. The summed E-state index contributed by atoms with van der Waals surface area (Å²) in [5.74, 6) is 1.80. The zero-order valence-corrected chi connectivity index (χ0v) is 16.6. The van der Waals surface area contributed by atoms with Gasteiger partial charge in [-0.15, -0.1) is 0 Å². The summed E-state index contributed by atoms with van der Waals surface area (Å²) in [5.41, 5.74) is 7.78. The van der Waals surface area contributed by atoms with Crippen LogP contribution in [-0.4, -0.2) is 60.5 Å². The number of piperidine rings is 1. The van der Waals surface area contributed by atoms with Gasteiger partial charge in [-0.2, -0.15) is 0 Å². The number of rotatable bonds is 5. The van der Waals surface area contributed by atoms with E-state index >= 15 is 0 Å². The molecule has 0 aromatic heterocycles. The van der Waals surface area contributed by atoms with Crippen molar-refractivity contribution >= 4 is 5.91 Å². The Balaban J connectivity index is 1.19. The van der Waals surface area contributed by atoms with E-state index in [1.54, 1.807) is 0 Å². The van der Waals surface area contributed by atoms with Gasteiger partial charge in [0.2, 0.25) is 5.91 Å². The van der Waals surface area contributed by atoms with Crippen molar-refractivity contribution in [3.05, 3.63) is 35.9 Å². The molecule has 3 aliphatic rings. The molecule has 27 heavy (non-hydrogen) atoms. The normalized spacial score (nSPS) is 30.1. The van der Waals surface area contributed by atoms with Crippen LogP contribution in [-0.2, 0) is 11.2 Å². The van der Waals surface area contributed by atoms with Gasteiger partial charge >= 0.3 is 0 Å².